The van der Waals surface area contributed by atoms with Crippen molar-refractivity contribution in [2.75, 3.05) is 16.0 Å². The first-order valence-electron chi connectivity index (χ1n) is 13.3. The first kappa shape index (κ1) is 31.8. The van der Waals surface area contributed by atoms with Crippen molar-refractivity contribution in [1.29, 1.82) is 0 Å². The molecule has 1 saturated heterocycles. The number of hydrogen-bond acceptors (Lipinski definition) is 8. The maximum Gasteiger partial charge on any atom is 0.573 e. The maximum atomic E-state index is 13.7. The molecular weight excluding hydrogens is 626 g/mol. The molecule has 1 aromatic heterocycles. The Labute approximate surface area is 256 Å². The molecule has 236 valence electrons. The van der Waals surface area contributed by atoms with Gasteiger partial charge in [0.15, 0.2) is 11.0 Å². The minimum Gasteiger partial charge on any atom is -0.406 e. The van der Waals surface area contributed by atoms with Gasteiger partial charge in [-0.25, -0.2) is 14.7 Å². The number of halogens is 6. The van der Waals surface area contributed by atoms with Gasteiger partial charge in [-0.05, 0) is 73.0 Å². The molecule has 45 heavy (non-hydrogen) atoms. The van der Waals surface area contributed by atoms with E-state index in [1.807, 2.05) is 0 Å². The van der Waals surface area contributed by atoms with E-state index in [2.05, 4.69) is 25.1 Å². The van der Waals surface area contributed by atoms with Crippen LogP contribution in [0.5, 0.6) is 5.75 Å². The van der Waals surface area contributed by atoms with Crippen molar-refractivity contribution in [2.45, 2.75) is 38.7 Å². The third kappa shape index (κ3) is 8.13. The van der Waals surface area contributed by atoms with E-state index in [0.717, 1.165) is 28.3 Å². The summed E-state index contributed by atoms with van der Waals surface area (Å²) in [5, 5.41) is 17.6. The molecule has 1 unspecified atom stereocenters. The number of aryl methyl sites for hydroxylation is 3. The van der Waals surface area contributed by atoms with E-state index >= 15 is 0 Å². The van der Waals surface area contributed by atoms with Gasteiger partial charge >= 0.3 is 12.5 Å². The molecule has 3 aromatic carbocycles. The molecule has 1 aliphatic heterocycles. The number of rotatable bonds is 9. The lowest BCUT2D eigenvalue weighted by molar-refractivity contribution is -0.274. The summed E-state index contributed by atoms with van der Waals surface area (Å²) in [5.74, 6) is -0.545. The van der Waals surface area contributed by atoms with Crippen LogP contribution < -0.4 is 15.0 Å². The number of amidine groups is 1. The van der Waals surface area contributed by atoms with Gasteiger partial charge in [-0.1, -0.05) is 30.0 Å². The highest BCUT2D eigenvalue weighted by Gasteiger charge is 2.40. The zero-order valence-corrected chi connectivity index (χ0v) is 24.1. The van der Waals surface area contributed by atoms with Gasteiger partial charge in [-0.15, -0.1) is 13.2 Å². The normalized spacial score (nSPS) is 15.5. The number of aliphatic hydroxyl groups is 1. The molecule has 1 atom stereocenters. The topological polar surface area (TPSA) is 105 Å². The molecule has 0 bridgehead atoms. The van der Waals surface area contributed by atoms with E-state index in [4.69, 9.17) is 0 Å². The van der Waals surface area contributed by atoms with Crippen LogP contribution in [0.25, 0.3) is 5.69 Å². The quantitative estimate of drug-likeness (QED) is 0.167. The minimum absolute atomic E-state index is 0.0646. The molecule has 0 saturated carbocycles. The summed E-state index contributed by atoms with van der Waals surface area (Å²) in [6, 6.07) is 15.6. The number of ether oxygens (including phenoxy) is 1. The van der Waals surface area contributed by atoms with Gasteiger partial charge in [0.05, 0.1) is 22.7 Å². The second kappa shape index (κ2) is 12.8. The summed E-state index contributed by atoms with van der Waals surface area (Å²) >= 11 is 0.926. The van der Waals surface area contributed by atoms with Gasteiger partial charge in [0.25, 0.3) is 0 Å². The summed E-state index contributed by atoms with van der Waals surface area (Å²) in [4.78, 5) is 21.7. The van der Waals surface area contributed by atoms with Crippen LogP contribution in [0.2, 0.25) is 0 Å². The van der Waals surface area contributed by atoms with E-state index in [9.17, 15) is 36.2 Å². The second-order valence-corrected chi connectivity index (χ2v) is 10.8. The first-order valence-corrected chi connectivity index (χ1v) is 14.3. The predicted octanol–water partition coefficient (Wildman–Crippen LogP) is 6.10. The largest absolute Gasteiger partial charge is 0.573 e. The lowest BCUT2D eigenvalue weighted by Gasteiger charge is -2.22. The predicted molar refractivity (Wildman–Crippen MR) is 155 cm³/mol. The number of carbonyl (C=O) groups is 1. The third-order valence-electron chi connectivity index (χ3n) is 6.46. The highest BCUT2D eigenvalue weighted by molar-refractivity contribution is 8.15. The summed E-state index contributed by atoms with van der Waals surface area (Å²) < 4.78 is 83.4. The maximum absolute atomic E-state index is 13.7. The lowest BCUT2D eigenvalue weighted by atomic mass is 10.1. The van der Waals surface area contributed by atoms with Crippen molar-refractivity contribution in [3.05, 3.63) is 95.6 Å². The summed E-state index contributed by atoms with van der Waals surface area (Å²) in [5.41, 5.74) is 1.09. The summed E-state index contributed by atoms with van der Waals surface area (Å²) in [7, 11) is 0. The standard InChI is InChI=1S/C29H24F6N6O3S/c1-17-2-12-22(28(30,31)32)23(14-17)41-25(42)15-45-27(41)38-26(43)37-19-6-3-18(4-7-19)5-13-24-36-16-40(39-24)20-8-10-21(11-9-20)44-29(33,34)35/h2-4,6-12,14,16,26,37,43H,5,13,15H2,1H3/b38-27-. The molecule has 2 N–H and O–H groups in total. The monoisotopic (exact) mass is 650 g/mol. The van der Waals surface area contributed by atoms with Crippen molar-refractivity contribution in [3.8, 4) is 11.4 Å². The van der Waals surface area contributed by atoms with E-state index < -0.39 is 30.4 Å². The number of hydrogen-bond donors (Lipinski definition) is 2. The van der Waals surface area contributed by atoms with Crippen molar-refractivity contribution < 1.29 is 41.0 Å². The Kier molecular flexibility index (Phi) is 9.06. The van der Waals surface area contributed by atoms with Gasteiger partial charge < -0.3 is 15.2 Å². The number of alkyl halides is 6. The Morgan fingerprint density at radius 1 is 1.02 bits per heavy atom. The number of thioether (sulfide) groups is 1. The molecule has 0 spiro atoms. The van der Waals surface area contributed by atoms with Crippen molar-refractivity contribution >= 4 is 34.2 Å². The molecule has 4 aromatic rings. The number of nitrogens with one attached hydrogen (secondary N) is 1. The Morgan fingerprint density at radius 3 is 2.40 bits per heavy atom. The van der Waals surface area contributed by atoms with Crippen molar-refractivity contribution in [2.24, 2.45) is 4.99 Å². The highest BCUT2D eigenvalue weighted by atomic mass is 32.2. The molecule has 1 fully saturated rings. The van der Waals surface area contributed by atoms with Crippen LogP contribution in [0.4, 0.5) is 37.7 Å². The zero-order valence-electron chi connectivity index (χ0n) is 23.3. The van der Waals surface area contributed by atoms with Gasteiger partial charge in [-0.3, -0.25) is 9.69 Å². The van der Waals surface area contributed by atoms with Crippen LogP contribution in [0.1, 0.15) is 22.5 Å². The molecule has 1 aliphatic rings. The minimum atomic E-state index is -4.78. The molecule has 0 aliphatic carbocycles. The molecule has 2 heterocycles. The smallest absolute Gasteiger partial charge is 0.406 e. The van der Waals surface area contributed by atoms with Gasteiger partial charge in [0.1, 0.15) is 12.1 Å². The fourth-order valence-electron chi connectivity index (χ4n) is 4.41. The number of benzene rings is 3. The van der Waals surface area contributed by atoms with Crippen LogP contribution in [0, 0.1) is 6.92 Å². The average Bonchev–Trinajstić information content (AvgIpc) is 3.58. The number of amides is 1. The molecule has 0 radical (unpaired) electrons. The number of anilines is 2. The molecule has 16 heteroatoms. The summed E-state index contributed by atoms with van der Waals surface area (Å²) in [6.07, 6.45) is -8.55. The van der Waals surface area contributed by atoms with E-state index in [1.54, 1.807) is 31.2 Å². The van der Waals surface area contributed by atoms with Crippen LogP contribution >= 0.6 is 11.8 Å². The first-order chi connectivity index (χ1) is 21.2. The van der Waals surface area contributed by atoms with E-state index in [-0.39, 0.29) is 22.4 Å². The summed E-state index contributed by atoms with van der Waals surface area (Å²) in [6.45, 7) is 1.61. The fourth-order valence-corrected chi connectivity index (χ4v) is 5.29. The molecule has 9 nitrogen and oxygen atoms in total. The van der Waals surface area contributed by atoms with Crippen LogP contribution in [0.3, 0.4) is 0 Å². The zero-order chi connectivity index (χ0) is 32.4. The Bertz CT molecular complexity index is 1690. The van der Waals surface area contributed by atoms with E-state index in [1.165, 1.54) is 47.4 Å². The second-order valence-electron chi connectivity index (χ2n) is 9.81. The molecule has 1 amide bonds. The Balaban J connectivity index is 1.19. The molecule has 5 rings (SSSR count). The number of aliphatic imine (C=N–C) groups is 1. The van der Waals surface area contributed by atoms with Crippen LogP contribution in [-0.2, 0) is 23.8 Å². The van der Waals surface area contributed by atoms with Crippen molar-refractivity contribution in [1.82, 2.24) is 14.8 Å². The number of aliphatic hydroxyl groups excluding tert-OH is 1. The number of nitrogens with zero attached hydrogens (tertiary/aromatic N) is 5. The van der Waals surface area contributed by atoms with Gasteiger partial charge in [-0.2, -0.15) is 18.3 Å². The SMILES string of the molecule is Cc1ccc(C(F)(F)F)c(N2C(=O)CS/C2=N\C(O)Nc2ccc(CCc3ncn(-c4ccc(OC(F)(F)F)cc4)n3)cc2)c1. The van der Waals surface area contributed by atoms with Crippen molar-refractivity contribution in [3.63, 3.8) is 0 Å². The Morgan fingerprint density at radius 2 is 1.73 bits per heavy atom. The van der Waals surface area contributed by atoms with Gasteiger partial charge in [0, 0.05) is 12.1 Å². The van der Waals surface area contributed by atoms with Gasteiger partial charge in [0.2, 0.25) is 12.3 Å². The van der Waals surface area contributed by atoms with E-state index in [0.29, 0.717) is 35.6 Å². The molecular formula is C29H24F6N6O3S. The number of carbonyl (C=O) groups excluding carboxylic acids is 1. The highest BCUT2D eigenvalue weighted by Crippen LogP contribution is 2.40. The van der Waals surface area contributed by atoms with Crippen LogP contribution in [-0.4, -0.2) is 49.4 Å². The third-order valence-corrected chi connectivity index (χ3v) is 7.40. The average molecular weight is 651 g/mol. The lowest BCUT2D eigenvalue weighted by Crippen LogP contribution is -2.33. The number of aromatic nitrogens is 3. The fraction of sp³-hybridized carbons (Fsp3) is 0.241. The van der Waals surface area contributed by atoms with Crippen LogP contribution in [0.15, 0.2) is 78.0 Å². The Hall–Kier alpha value is -4.57.